The summed E-state index contributed by atoms with van der Waals surface area (Å²) in [6.45, 7) is 10.2. The van der Waals surface area contributed by atoms with Gasteiger partial charge in [0.1, 0.15) is 11.4 Å². The average molecular weight is 351 g/mol. The minimum atomic E-state index is -0.496. The summed E-state index contributed by atoms with van der Waals surface area (Å²) >= 11 is 0. The lowest BCUT2D eigenvalue weighted by molar-refractivity contribution is 0.0620. The Balaban J connectivity index is 1.78. The van der Waals surface area contributed by atoms with E-state index in [-0.39, 0.29) is 17.1 Å². The highest BCUT2D eigenvalue weighted by atomic mass is 16.5. The number of amides is 1. The van der Waals surface area contributed by atoms with Gasteiger partial charge in [-0.25, -0.2) is 0 Å². The normalized spacial score (nSPS) is 15.8. The number of carbonyl (C=O) groups excluding carboxylic acids is 2. The molecule has 0 radical (unpaired) electrons. The maximum atomic E-state index is 12.5. The molecule has 0 bridgehead atoms. The number of fused-ring (bicyclic) bond motifs is 1. The molecule has 1 amide bonds. The number of carbonyl (C=O) groups is 2. The standard InChI is InChI=1S/C22H25NO3/c1-21(2,3)15-8-6-14(7-9-15)20(25)23-16-10-11-19-17(12-16)18(24)13-22(4,5)26-19/h6-12H,13H2,1-5H3,(H,23,25). The molecule has 136 valence electrons. The smallest absolute Gasteiger partial charge is 0.255 e. The summed E-state index contributed by atoms with van der Waals surface area (Å²) in [6.07, 6.45) is 0.325. The summed E-state index contributed by atoms with van der Waals surface area (Å²) in [6, 6.07) is 12.8. The van der Waals surface area contributed by atoms with Crippen LogP contribution in [0.3, 0.4) is 0 Å². The van der Waals surface area contributed by atoms with Crippen molar-refractivity contribution in [1.29, 1.82) is 0 Å². The van der Waals surface area contributed by atoms with Crippen LogP contribution in [-0.2, 0) is 5.41 Å². The van der Waals surface area contributed by atoms with Crippen LogP contribution in [0, 0.1) is 0 Å². The number of nitrogens with one attached hydrogen (secondary N) is 1. The van der Waals surface area contributed by atoms with Crippen molar-refractivity contribution in [3.8, 4) is 5.75 Å². The molecule has 0 atom stereocenters. The monoisotopic (exact) mass is 351 g/mol. The molecule has 26 heavy (non-hydrogen) atoms. The van der Waals surface area contributed by atoms with Gasteiger partial charge in [0.25, 0.3) is 5.91 Å². The van der Waals surface area contributed by atoms with Crippen LogP contribution < -0.4 is 10.1 Å². The van der Waals surface area contributed by atoms with Crippen LogP contribution >= 0.6 is 0 Å². The first-order valence-corrected chi connectivity index (χ1v) is 8.83. The Morgan fingerprint density at radius 2 is 1.73 bits per heavy atom. The molecule has 0 saturated heterocycles. The van der Waals surface area contributed by atoms with E-state index in [1.165, 1.54) is 5.56 Å². The Morgan fingerprint density at radius 1 is 1.08 bits per heavy atom. The van der Waals surface area contributed by atoms with E-state index in [2.05, 4.69) is 26.1 Å². The summed E-state index contributed by atoms with van der Waals surface area (Å²) in [7, 11) is 0. The van der Waals surface area contributed by atoms with E-state index in [4.69, 9.17) is 4.74 Å². The SMILES string of the molecule is CC1(C)CC(=O)c2cc(NC(=O)c3ccc(C(C)(C)C)cc3)ccc2O1. The number of ketones is 1. The highest BCUT2D eigenvalue weighted by molar-refractivity contribution is 6.06. The van der Waals surface area contributed by atoms with Crippen LogP contribution in [0.1, 0.15) is 67.3 Å². The van der Waals surface area contributed by atoms with Gasteiger partial charge >= 0.3 is 0 Å². The number of benzene rings is 2. The third-order valence-electron chi connectivity index (χ3n) is 4.52. The number of hydrogen-bond acceptors (Lipinski definition) is 3. The quantitative estimate of drug-likeness (QED) is 0.830. The molecule has 0 unspecified atom stereocenters. The number of ether oxygens (including phenoxy) is 1. The zero-order chi connectivity index (χ0) is 19.1. The van der Waals surface area contributed by atoms with E-state index in [9.17, 15) is 9.59 Å². The lowest BCUT2D eigenvalue weighted by Crippen LogP contribution is -2.35. The van der Waals surface area contributed by atoms with Crippen LogP contribution in [0.5, 0.6) is 5.75 Å². The number of hydrogen-bond donors (Lipinski definition) is 1. The van der Waals surface area contributed by atoms with Gasteiger partial charge in [0.2, 0.25) is 0 Å². The van der Waals surface area contributed by atoms with Gasteiger partial charge in [0.05, 0.1) is 12.0 Å². The molecule has 2 aromatic rings. The van der Waals surface area contributed by atoms with E-state index >= 15 is 0 Å². The predicted octanol–water partition coefficient (Wildman–Crippen LogP) is 4.98. The second-order valence-corrected chi connectivity index (χ2v) is 8.45. The Labute approximate surface area is 154 Å². The molecule has 0 fully saturated rings. The molecule has 2 aromatic carbocycles. The molecular formula is C22H25NO3. The van der Waals surface area contributed by atoms with Crippen molar-refractivity contribution >= 4 is 17.4 Å². The van der Waals surface area contributed by atoms with E-state index in [0.717, 1.165) is 0 Å². The Bertz CT molecular complexity index is 858. The minimum absolute atomic E-state index is 0.0295. The van der Waals surface area contributed by atoms with Crippen molar-refractivity contribution in [2.75, 3.05) is 5.32 Å². The molecule has 3 rings (SSSR count). The molecule has 0 aliphatic carbocycles. The van der Waals surface area contributed by atoms with Crippen LogP contribution in [0.25, 0.3) is 0 Å². The zero-order valence-corrected chi connectivity index (χ0v) is 16.0. The highest BCUT2D eigenvalue weighted by Crippen LogP contribution is 2.34. The second kappa shape index (κ2) is 6.27. The largest absolute Gasteiger partial charge is 0.487 e. The second-order valence-electron chi connectivity index (χ2n) is 8.45. The van der Waals surface area contributed by atoms with Crippen molar-refractivity contribution in [3.63, 3.8) is 0 Å². The lowest BCUT2D eigenvalue weighted by atomic mass is 9.86. The lowest BCUT2D eigenvalue weighted by Gasteiger charge is -2.31. The van der Waals surface area contributed by atoms with Crippen molar-refractivity contribution < 1.29 is 14.3 Å². The number of anilines is 1. The van der Waals surface area contributed by atoms with Gasteiger partial charge < -0.3 is 10.1 Å². The molecule has 1 aliphatic rings. The summed E-state index contributed by atoms with van der Waals surface area (Å²) < 4.78 is 5.85. The van der Waals surface area contributed by atoms with Gasteiger partial charge in [-0.1, -0.05) is 32.9 Å². The van der Waals surface area contributed by atoms with Crippen molar-refractivity contribution in [3.05, 3.63) is 59.2 Å². The molecule has 1 aliphatic heterocycles. The predicted molar refractivity (Wildman–Crippen MR) is 103 cm³/mol. The first kappa shape index (κ1) is 18.2. The van der Waals surface area contributed by atoms with Gasteiger partial charge in [-0.05, 0) is 55.2 Å². The summed E-state index contributed by atoms with van der Waals surface area (Å²) in [5.41, 5.74) is 2.41. The van der Waals surface area contributed by atoms with Gasteiger partial charge in [-0.15, -0.1) is 0 Å². The molecule has 0 spiro atoms. The topological polar surface area (TPSA) is 55.4 Å². The van der Waals surface area contributed by atoms with Gasteiger partial charge in [0.15, 0.2) is 5.78 Å². The fourth-order valence-electron chi connectivity index (χ4n) is 3.06. The van der Waals surface area contributed by atoms with Crippen LogP contribution in [0.15, 0.2) is 42.5 Å². The van der Waals surface area contributed by atoms with Crippen LogP contribution in [0.4, 0.5) is 5.69 Å². The van der Waals surface area contributed by atoms with E-state index in [1.54, 1.807) is 18.2 Å². The van der Waals surface area contributed by atoms with E-state index in [0.29, 0.717) is 29.0 Å². The van der Waals surface area contributed by atoms with E-state index in [1.807, 2.05) is 38.1 Å². The highest BCUT2D eigenvalue weighted by Gasteiger charge is 2.32. The Kier molecular flexibility index (Phi) is 4.39. The molecule has 4 heteroatoms. The fourth-order valence-corrected chi connectivity index (χ4v) is 3.06. The first-order valence-electron chi connectivity index (χ1n) is 8.83. The molecular weight excluding hydrogens is 326 g/mol. The van der Waals surface area contributed by atoms with Crippen LogP contribution in [0.2, 0.25) is 0 Å². The summed E-state index contributed by atoms with van der Waals surface area (Å²) in [4.78, 5) is 24.8. The Morgan fingerprint density at radius 3 is 2.35 bits per heavy atom. The average Bonchev–Trinajstić information content (AvgIpc) is 2.54. The third kappa shape index (κ3) is 3.79. The number of Topliss-reactive ketones (excluding diaryl/α,β-unsaturated/α-hetero) is 1. The molecule has 0 aromatic heterocycles. The van der Waals surface area contributed by atoms with Crippen molar-refractivity contribution in [1.82, 2.24) is 0 Å². The van der Waals surface area contributed by atoms with Crippen molar-refractivity contribution in [2.24, 2.45) is 0 Å². The zero-order valence-electron chi connectivity index (χ0n) is 16.0. The molecule has 1 N–H and O–H groups in total. The number of rotatable bonds is 2. The van der Waals surface area contributed by atoms with Crippen LogP contribution in [-0.4, -0.2) is 17.3 Å². The first-order chi connectivity index (χ1) is 12.0. The Hall–Kier alpha value is -2.62. The summed E-state index contributed by atoms with van der Waals surface area (Å²) in [5.74, 6) is 0.399. The third-order valence-corrected chi connectivity index (χ3v) is 4.52. The summed E-state index contributed by atoms with van der Waals surface area (Å²) in [5, 5.41) is 2.86. The van der Waals surface area contributed by atoms with Gasteiger partial charge in [0, 0.05) is 11.3 Å². The van der Waals surface area contributed by atoms with Crippen molar-refractivity contribution in [2.45, 2.75) is 52.1 Å². The molecule has 1 heterocycles. The molecule has 4 nitrogen and oxygen atoms in total. The van der Waals surface area contributed by atoms with Gasteiger partial charge in [-0.2, -0.15) is 0 Å². The molecule has 0 saturated carbocycles. The maximum absolute atomic E-state index is 12.5. The van der Waals surface area contributed by atoms with Gasteiger partial charge in [-0.3, -0.25) is 9.59 Å². The fraction of sp³-hybridized carbons (Fsp3) is 0.364. The van der Waals surface area contributed by atoms with E-state index < -0.39 is 5.60 Å². The minimum Gasteiger partial charge on any atom is -0.487 e. The maximum Gasteiger partial charge on any atom is 0.255 e.